The van der Waals surface area contributed by atoms with Crippen LogP contribution in [0.5, 0.6) is 0 Å². The van der Waals surface area contributed by atoms with Crippen LogP contribution in [0.15, 0.2) is 0 Å². The van der Waals surface area contributed by atoms with Crippen LogP contribution in [-0.4, -0.2) is 84.8 Å². The van der Waals surface area contributed by atoms with E-state index in [0.717, 1.165) is 71.2 Å². The molecule has 4 nitrogen and oxygen atoms in total. The quantitative estimate of drug-likeness (QED) is 0.731. The zero-order valence-electron chi connectivity index (χ0n) is 13.5. The molecule has 2 saturated heterocycles. The van der Waals surface area contributed by atoms with Gasteiger partial charge in [0.15, 0.2) is 0 Å². The van der Waals surface area contributed by atoms with E-state index in [9.17, 15) is 5.11 Å². The lowest BCUT2D eigenvalue weighted by molar-refractivity contribution is 0.0432. The third-order valence-corrected chi connectivity index (χ3v) is 4.85. The van der Waals surface area contributed by atoms with E-state index in [1.54, 1.807) is 0 Å². The smallest absolute Gasteiger partial charge is 0.0793 e. The van der Waals surface area contributed by atoms with E-state index >= 15 is 0 Å². The summed E-state index contributed by atoms with van der Waals surface area (Å²) in [4.78, 5) is 7.24. The predicted octanol–water partition coefficient (Wildman–Crippen LogP) is 0.720. The molecule has 2 rings (SSSR count). The van der Waals surface area contributed by atoms with Gasteiger partial charge in [-0.25, -0.2) is 0 Å². The van der Waals surface area contributed by atoms with Crippen molar-refractivity contribution in [2.75, 3.05) is 58.9 Å². The first kappa shape index (κ1) is 16.8. The summed E-state index contributed by atoms with van der Waals surface area (Å²) in [5, 5.41) is 10.3. The van der Waals surface area contributed by atoms with Crippen molar-refractivity contribution >= 4 is 0 Å². The number of hydrogen-bond acceptors (Lipinski definition) is 4. The Morgan fingerprint density at radius 1 is 1.00 bits per heavy atom. The van der Waals surface area contributed by atoms with E-state index in [0.29, 0.717) is 0 Å². The van der Waals surface area contributed by atoms with Gasteiger partial charge in [-0.3, -0.25) is 9.80 Å². The molecule has 2 aliphatic heterocycles. The molecule has 0 aromatic carbocycles. The summed E-state index contributed by atoms with van der Waals surface area (Å²) in [6.45, 7) is 11.6. The van der Waals surface area contributed by atoms with Crippen LogP contribution >= 0.6 is 0 Å². The number of aliphatic hydroxyl groups excluding tert-OH is 1. The SMILES string of the molecule is C#CCCN1CCN(CC(O)CN2CCC(C)CC2)CC1. The summed E-state index contributed by atoms with van der Waals surface area (Å²) >= 11 is 0. The van der Waals surface area contributed by atoms with Gasteiger partial charge in [-0.05, 0) is 31.8 Å². The normalized spacial score (nSPS) is 24.8. The molecule has 0 saturated carbocycles. The molecule has 0 radical (unpaired) electrons. The molecule has 0 aromatic heterocycles. The molecule has 1 atom stereocenters. The zero-order chi connectivity index (χ0) is 15.1. The zero-order valence-corrected chi connectivity index (χ0v) is 13.5. The van der Waals surface area contributed by atoms with Crippen molar-refractivity contribution in [1.82, 2.24) is 14.7 Å². The highest BCUT2D eigenvalue weighted by atomic mass is 16.3. The summed E-state index contributed by atoms with van der Waals surface area (Å²) in [5.41, 5.74) is 0. The maximum absolute atomic E-state index is 10.3. The number of hydrogen-bond donors (Lipinski definition) is 1. The first-order valence-corrected chi connectivity index (χ1v) is 8.46. The van der Waals surface area contributed by atoms with Crippen molar-refractivity contribution in [3.63, 3.8) is 0 Å². The molecule has 2 aliphatic rings. The van der Waals surface area contributed by atoms with E-state index in [-0.39, 0.29) is 6.10 Å². The van der Waals surface area contributed by atoms with Crippen LogP contribution in [0.25, 0.3) is 0 Å². The molecule has 0 aromatic rings. The highest BCUT2D eigenvalue weighted by Gasteiger charge is 2.22. The van der Waals surface area contributed by atoms with Gasteiger partial charge in [0, 0.05) is 52.2 Å². The number of rotatable bonds is 6. The van der Waals surface area contributed by atoms with Gasteiger partial charge < -0.3 is 10.0 Å². The van der Waals surface area contributed by atoms with Gasteiger partial charge in [0.25, 0.3) is 0 Å². The average molecular weight is 293 g/mol. The number of β-amino-alcohol motifs (C(OH)–C–C–N with tert-alkyl or cyclic N) is 1. The Bertz CT molecular complexity index is 325. The van der Waals surface area contributed by atoms with Gasteiger partial charge in [-0.15, -0.1) is 12.3 Å². The standard InChI is InChI=1S/C17H31N3O/c1-3-4-7-18-10-12-20(13-11-18)15-17(21)14-19-8-5-16(2)6-9-19/h1,16-17,21H,4-15H2,2H3. The van der Waals surface area contributed by atoms with Crippen molar-refractivity contribution in [3.8, 4) is 12.3 Å². The van der Waals surface area contributed by atoms with Gasteiger partial charge in [0.2, 0.25) is 0 Å². The van der Waals surface area contributed by atoms with Crippen LogP contribution in [0.2, 0.25) is 0 Å². The van der Waals surface area contributed by atoms with Gasteiger partial charge in [0.05, 0.1) is 6.10 Å². The largest absolute Gasteiger partial charge is 0.390 e. The summed E-state index contributed by atoms with van der Waals surface area (Å²) in [7, 11) is 0. The minimum absolute atomic E-state index is 0.212. The van der Waals surface area contributed by atoms with Crippen molar-refractivity contribution < 1.29 is 5.11 Å². The number of piperazine rings is 1. The lowest BCUT2D eigenvalue weighted by Gasteiger charge is -2.37. The van der Waals surface area contributed by atoms with E-state index in [4.69, 9.17) is 6.42 Å². The second kappa shape index (κ2) is 8.75. The van der Waals surface area contributed by atoms with Crippen LogP contribution in [0.3, 0.4) is 0 Å². The van der Waals surface area contributed by atoms with Crippen molar-refractivity contribution in [1.29, 1.82) is 0 Å². The molecule has 120 valence electrons. The highest BCUT2D eigenvalue weighted by molar-refractivity contribution is 4.86. The Hall–Kier alpha value is -0.600. The van der Waals surface area contributed by atoms with Crippen LogP contribution in [0, 0.1) is 18.3 Å². The monoisotopic (exact) mass is 293 g/mol. The van der Waals surface area contributed by atoms with Crippen LogP contribution < -0.4 is 0 Å². The van der Waals surface area contributed by atoms with Gasteiger partial charge in [0.1, 0.15) is 0 Å². The fourth-order valence-electron chi connectivity index (χ4n) is 3.32. The topological polar surface area (TPSA) is 30.0 Å². The maximum Gasteiger partial charge on any atom is 0.0793 e. The molecule has 0 bridgehead atoms. The number of likely N-dealkylation sites (tertiary alicyclic amines) is 1. The lowest BCUT2D eigenvalue weighted by Crippen LogP contribution is -2.50. The predicted molar refractivity (Wildman–Crippen MR) is 87.2 cm³/mol. The fourth-order valence-corrected chi connectivity index (χ4v) is 3.32. The Morgan fingerprint density at radius 3 is 2.10 bits per heavy atom. The molecular weight excluding hydrogens is 262 g/mol. The van der Waals surface area contributed by atoms with Gasteiger partial charge in [-0.2, -0.15) is 0 Å². The van der Waals surface area contributed by atoms with E-state index in [2.05, 4.69) is 27.5 Å². The first-order valence-electron chi connectivity index (χ1n) is 8.46. The third-order valence-electron chi connectivity index (χ3n) is 4.85. The lowest BCUT2D eigenvalue weighted by atomic mass is 9.99. The number of aliphatic hydroxyl groups is 1. The van der Waals surface area contributed by atoms with Crippen molar-refractivity contribution in [3.05, 3.63) is 0 Å². The van der Waals surface area contributed by atoms with Gasteiger partial charge in [-0.1, -0.05) is 6.92 Å². The number of terminal acetylenes is 1. The molecule has 2 fully saturated rings. The van der Waals surface area contributed by atoms with E-state index < -0.39 is 0 Å². The molecule has 2 heterocycles. The summed E-state index contributed by atoms with van der Waals surface area (Å²) < 4.78 is 0. The van der Waals surface area contributed by atoms with Crippen molar-refractivity contribution in [2.45, 2.75) is 32.3 Å². The van der Waals surface area contributed by atoms with Crippen LogP contribution in [0.4, 0.5) is 0 Å². The minimum Gasteiger partial charge on any atom is -0.390 e. The molecule has 0 amide bonds. The number of piperidine rings is 1. The molecular formula is C17H31N3O. The Kier molecular flexibility index (Phi) is 6.98. The van der Waals surface area contributed by atoms with Crippen molar-refractivity contribution in [2.24, 2.45) is 5.92 Å². The third kappa shape index (κ3) is 5.96. The van der Waals surface area contributed by atoms with E-state index in [1.165, 1.54) is 12.8 Å². The minimum atomic E-state index is -0.212. The molecule has 0 aliphatic carbocycles. The Labute approximate surface area is 130 Å². The average Bonchev–Trinajstić information content (AvgIpc) is 2.49. The highest BCUT2D eigenvalue weighted by Crippen LogP contribution is 2.16. The maximum atomic E-state index is 10.3. The molecule has 0 spiro atoms. The molecule has 4 heteroatoms. The summed E-state index contributed by atoms with van der Waals surface area (Å²) in [6.07, 6.45) is 8.50. The molecule has 1 unspecified atom stereocenters. The van der Waals surface area contributed by atoms with E-state index in [1.807, 2.05) is 0 Å². The Balaban J connectivity index is 1.60. The Morgan fingerprint density at radius 2 is 1.52 bits per heavy atom. The first-order chi connectivity index (χ1) is 10.2. The van der Waals surface area contributed by atoms with Gasteiger partial charge >= 0.3 is 0 Å². The summed E-state index contributed by atoms with van der Waals surface area (Å²) in [6, 6.07) is 0. The molecule has 21 heavy (non-hydrogen) atoms. The molecule has 1 N–H and O–H groups in total. The second-order valence-electron chi connectivity index (χ2n) is 6.73. The fraction of sp³-hybridized carbons (Fsp3) is 0.882. The summed E-state index contributed by atoms with van der Waals surface area (Å²) in [5.74, 6) is 3.56. The second-order valence-corrected chi connectivity index (χ2v) is 6.73. The van der Waals surface area contributed by atoms with Crippen LogP contribution in [0.1, 0.15) is 26.2 Å². The number of nitrogens with zero attached hydrogens (tertiary/aromatic N) is 3. The van der Waals surface area contributed by atoms with Crippen LogP contribution in [-0.2, 0) is 0 Å².